The summed E-state index contributed by atoms with van der Waals surface area (Å²) in [5, 5.41) is 4.20. The predicted octanol–water partition coefficient (Wildman–Crippen LogP) is 9.03. The van der Waals surface area contributed by atoms with Crippen molar-refractivity contribution in [3.8, 4) is 11.5 Å². The molecule has 0 unspecified atom stereocenters. The van der Waals surface area contributed by atoms with Crippen LogP contribution in [0.15, 0.2) is 102 Å². The summed E-state index contributed by atoms with van der Waals surface area (Å²) in [4.78, 5) is 4.69. The summed E-state index contributed by atoms with van der Waals surface area (Å²) >= 11 is 6.59. The second-order valence-corrected chi connectivity index (χ2v) is 10.5. The average molecular weight is 553 g/mol. The number of para-hydroxylation sites is 1. The topological polar surface area (TPSA) is 42.8 Å². The van der Waals surface area contributed by atoms with Crippen LogP contribution in [0.25, 0.3) is 0 Å². The van der Waals surface area contributed by atoms with Crippen LogP contribution < -0.4 is 14.8 Å². The molecule has 0 amide bonds. The van der Waals surface area contributed by atoms with Gasteiger partial charge in [-0.3, -0.25) is 4.99 Å². The molecule has 0 bridgehead atoms. The lowest BCUT2D eigenvalue weighted by molar-refractivity contribution is 0.269. The van der Waals surface area contributed by atoms with Gasteiger partial charge in [0.2, 0.25) is 0 Å². The fourth-order valence-corrected chi connectivity index (χ4v) is 5.87. The van der Waals surface area contributed by atoms with Gasteiger partial charge in [-0.15, -0.1) is 0 Å². The average Bonchev–Trinajstić information content (AvgIpc) is 3.47. The van der Waals surface area contributed by atoms with Crippen LogP contribution in [0.5, 0.6) is 11.5 Å². The lowest BCUT2D eigenvalue weighted by Crippen LogP contribution is -2.28. The molecule has 40 heavy (non-hydrogen) atoms. The van der Waals surface area contributed by atoms with Crippen molar-refractivity contribution in [1.82, 2.24) is 0 Å². The van der Waals surface area contributed by atoms with E-state index in [2.05, 4.69) is 66.0 Å². The third-order valence-corrected chi connectivity index (χ3v) is 7.80. The van der Waals surface area contributed by atoms with Crippen molar-refractivity contribution in [1.29, 1.82) is 0 Å². The molecule has 1 heterocycles. The number of ether oxygens (including phenoxy) is 2. The zero-order valence-corrected chi connectivity index (χ0v) is 22.9. The van der Waals surface area contributed by atoms with Crippen molar-refractivity contribution >= 4 is 29.2 Å². The first-order valence-electron chi connectivity index (χ1n) is 13.6. The van der Waals surface area contributed by atoms with Crippen LogP contribution in [0.4, 0.5) is 15.8 Å². The number of nitrogens with one attached hydrogen (secondary N) is 1. The zero-order valence-electron chi connectivity index (χ0n) is 22.2. The van der Waals surface area contributed by atoms with Crippen molar-refractivity contribution in [3.05, 3.63) is 130 Å². The number of anilines is 1. The van der Waals surface area contributed by atoms with Crippen molar-refractivity contribution < 1.29 is 13.9 Å². The number of nitrogens with zero attached hydrogens (tertiary/aromatic N) is 1. The molecule has 0 radical (unpaired) electrons. The molecule has 0 saturated carbocycles. The number of fused-ring (bicyclic) bond motifs is 3. The number of aliphatic imine (C=N–C) groups is 1. The molecule has 0 saturated heterocycles. The van der Waals surface area contributed by atoms with Gasteiger partial charge >= 0.3 is 0 Å². The van der Waals surface area contributed by atoms with Crippen LogP contribution in [0.2, 0.25) is 5.02 Å². The molecule has 1 aliphatic heterocycles. The van der Waals surface area contributed by atoms with E-state index >= 15 is 0 Å². The predicted molar refractivity (Wildman–Crippen MR) is 160 cm³/mol. The Labute approximate surface area is 239 Å². The Balaban J connectivity index is 1.17. The summed E-state index contributed by atoms with van der Waals surface area (Å²) in [6.07, 6.45) is 7.52. The highest BCUT2D eigenvalue weighted by Gasteiger charge is 2.37. The summed E-state index contributed by atoms with van der Waals surface area (Å²) in [5.74, 6) is 1.67. The van der Waals surface area contributed by atoms with Gasteiger partial charge in [0.15, 0.2) is 11.5 Å². The van der Waals surface area contributed by atoms with Gasteiger partial charge in [0, 0.05) is 17.8 Å². The molecular formula is C34H30ClFN2O2. The van der Waals surface area contributed by atoms with E-state index in [0.717, 1.165) is 23.2 Å². The lowest BCUT2D eigenvalue weighted by Gasteiger charge is -2.37. The van der Waals surface area contributed by atoms with Crippen LogP contribution in [-0.2, 0) is 6.61 Å². The molecule has 1 N–H and O–H groups in total. The fourth-order valence-electron chi connectivity index (χ4n) is 5.59. The summed E-state index contributed by atoms with van der Waals surface area (Å²) in [6, 6.07) is 27.1. The Hall–Kier alpha value is -4.09. The highest BCUT2D eigenvalue weighted by molar-refractivity contribution is 6.32. The minimum absolute atomic E-state index is 0.249. The summed E-state index contributed by atoms with van der Waals surface area (Å²) in [5.41, 5.74) is 6.35. The monoisotopic (exact) mass is 552 g/mol. The smallest absolute Gasteiger partial charge is 0.180 e. The van der Waals surface area contributed by atoms with Gasteiger partial charge in [0.05, 0.1) is 23.4 Å². The van der Waals surface area contributed by atoms with E-state index in [1.54, 1.807) is 24.4 Å². The molecule has 6 heteroatoms. The first-order valence-corrected chi connectivity index (χ1v) is 14.0. The SMILES string of the molecule is CCOc1cc(C=Nc2ccc([C@@H]3Nc4ccccc4[C@H]4C=CC[C@@H]43)cc2)cc(Cl)c1OCc1ccc(F)cc1. The van der Waals surface area contributed by atoms with Crippen molar-refractivity contribution in [2.45, 2.75) is 31.9 Å². The van der Waals surface area contributed by atoms with E-state index in [0.29, 0.717) is 35.0 Å². The van der Waals surface area contributed by atoms with Crippen molar-refractivity contribution in [2.75, 3.05) is 11.9 Å². The van der Waals surface area contributed by atoms with Gasteiger partial charge in [-0.1, -0.05) is 66.2 Å². The maximum atomic E-state index is 13.2. The van der Waals surface area contributed by atoms with E-state index in [1.165, 1.54) is 28.9 Å². The van der Waals surface area contributed by atoms with E-state index in [4.69, 9.17) is 26.1 Å². The molecule has 0 fully saturated rings. The largest absolute Gasteiger partial charge is 0.490 e. The first-order chi connectivity index (χ1) is 19.6. The maximum Gasteiger partial charge on any atom is 0.180 e. The number of rotatable bonds is 8. The second-order valence-electron chi connectivity index (χ2n) is 10.1. The molecule has 4 aromatic rings. The second kappa shape index (κ2) is 11.6. The molecular weight excluding hydrogens is 523 g/mol. The third kappa shape index (κ3) is 5.47. The van der Waals surface area contributed by atoms with Crippen molar-refractivity contribution in [2.24, 2.45) is 10.9 Å². The lowest BCUT2D eigenvalue weighted by atomic mass is 9.77. The van der Waals surface area contributed by atoms with Crippen molar-refractivity contribution in [3.63, 3.8) is 0 Å². The Bertz CT molecular complexity index is 1550. The Morgan fingerprint density at radius 2 is 1.80 bits per heavy atom. The van der Waals surface area contributed by atoms with E-state index in [1.807, 2.05) is 13.0 Å². The number of halogens is 2. The molecule has 6 rings (SSSR count). The van der Waals surface area contributed by atoms with Crippen LogP contribution >= 0.6 is 11.6 Å². The highest BCUT2D eigenvalue weighted by atomic mass is 35.5. The standard InChI is InChI=1S/C34H30ClFN2O2/c1-2-39-32-19-23(18-30(35)34(32)40-21-22-10-14-25(36)15-11-22)20-37-26-16-12-24(13-17-26)33-29-8-5-7-27(29)28-6-3-4-9-31(28)38-33/h3-7,9-20,27,29,33,38H,2,8,21H2,1H3/t27-,29+,33+/m1/s1. The number of allylic oxidation sites excluding steroid dienone is 2. The number of hydrogen-bond acceptors (Lipinski definition) is 4. The normalized spacial score (nSPS) is 19.2. The van der Waals surface area contributed by atoms with E-state index in [-0.39, 0.29) is 18.5 Å². The van der Waals surface area contributed by atoms with E-state index < -0.39 is 0 Å². The molecule has 4 aromatic carbocycles. The summed E-state index contributed by atoms with van der Waals surface area (Å²) < 4.78 is 25.0. The minimum atomic E-state index is -0.286. The highest BCUT2D eigenvalue weighted by Crippen LogP contribution is 2.49. The first kappa shape index (κ1) is 26.1. The van der Waals surface area contributed by atoms with Crippen LogP contribution in [0, 0.1) is 11.7 Å². The summed E-state index contributed by atoms with van der Waals surface area (Å²) in [6.45, 7) is 2.62. The molecule has 2 aliphatic rings. The zero-order chi connectivity index (χ0) is 27.5. The fraction of sp³-hybridized carbons (Fsp3) is 0.206. The Kier molecular flexibility index (Phi) is 7.56. The summed E-state index contributed by atoms with van der Waals surface area (Å²) in [7, 11) is 0. The van der Waals surface area contributed by atoms with Gasteiger partial charge in [-0.25, -0.2) is 4.39 Å². The Morgan fingerprint density at radius 1 is 1.00 bits per heavy atom. The third-order valence-electron chi connectivity index (χ3n) is 7.52. The van der Waals surface area contributed by atoms with Crippen LogP contribution in [0.3, 0.4) is 0 Å². The molecule has 3 atom stereocenters. The van der Waals surface area contributed by atoms with Gasteiger partial charge in [-0.05, 0) is 84.0 Å². The van der Waals surface area contributed by atoms with Gasteiger partial charge < -0.3 is 14.8 Å². The van der Waals surface area contributed by atoms with Gasteiger partial charge in [0.25, 0.3) is 0 Å². The molecule has 0 spiro atoms. The van der Waals surface area contributed by atoms with E-state index in [9.17, 15) is 4.39 Å². The van der Waals surface area contributed by atoms with Gasteiger partial charge in [-0.2, -0.15) is 0 Å². The molecule has 0 aromatic heterocycles. The quantitative estimate of drug-likeness (QED) is 0.175. The number of hydrogen-bond donors (Lipinski definition) is 1. The molecule has 4 nitrogen and oxygen atoms in total. The number of benzene rings is 4. The van der Waals surface area contributed by atoms with Crippen LogP contribution in [0.1, 0.15) is 47.6 Å². The Morgan fingerprint density at radius 3 is 2.60 bits per heavy atom. The van der Waals surface area contributed by atoms with Crippen LogP contribution in [-0.4, -0.2) is 12.8 Å². The van der Waals surface area contributed by atoms with Gasteiger partial charge in [0.1, 0.15) is 12.4 Å². The maximum absolute atomic E-state index is 13.2. The minimum Gasteiger partial charge on any atom is -0.490 e. The molecule has 202 valence electrons. The molecule has 1 aliphatic carbocycles.